The lowest BCUT2D eigenvalue weighted by Gasteiger charge is -2.20. The van der Waals surface area contributed by atoms with E-state index in [1.807, 2.05) is 0 Å². The molecule has 10 nitrogen and oxygen atoms in total. The van der Waals surface area contributed by atoms with Crippen LogP contribution in [-0.4, -0.2) is 60.1 Å². The molecular weight excluding hydrogens is 370 g/mol. The van der Waals surface area contributed by atoms with Gasteiger partial charge in [-0.1, -0.05) is 0 Å². The summed E-state index contributed by atoms with van der Waals surface area (Å²) in [5.74, 6) is -0.883. The Hall–Kier alpha value is -3.30. The Morgan fingerprint density at radius 2 is 1.93 bits per heavy atom. The highest BCUT2D eigenvalue weighted by atomic mass is 16.6. The average Bonchev–Trinajstić information content (AvgIpc) is 2.83. The van der Waals surface area contributed by atoms with E-state index in [1.165, 1.54) is 20.8 Å². The van der Waals surface area contributed by atoms with Crippen molar-refractivity contribution in [2.45, 2.75) is 32.4 Å². The van der Waals surface area contributed by atoms with Crippen molar-refractivity contribution in [2.75, 3.05) is 25.1 Å². The number of esters is 1. The van der Waals surface area contributed by atoms with Crippen LogP contribution in [0.5, 0.6) is 11.5 Å². The van der Waals surface area contributed by atoms with Gasteiger partial charge in [-0.05, 0) is 32.9 Å². The molecule has 2 heterocycles. The van der Waals surface area contributed by atoms with E-state index < -0.39 is 42.0 Å². The van der Waals surface area contributed by atoms with Crippen LogP contribution in [0.1, 0.15) is 20.8 Å². The van der Waals surface area contributed by atoms with Crippen molar-refractivity contribution >= 4 is 29.5 Å². The maximum Gasteiger partial charge on any atom is 0.327 e. The SMILES string of the molecule is CC(OC(=O)CN1C(=O)NC(C)(C)C1=O)C(=O)Nc1ccc2c(c1)OCCO2. The van der Waals surface area contributed by atoms with Crippen molar-refractivity contribution in [3.05, 3.63) is 18.2 Å². The topological polar surface area (TPSA) is 123 Å². The minimum absolute atomic E-state index is 0.415. The van der Waals surface area contributed by atoms with Crippen molar-refractivity contribution in [2.24, 2.45) is 0 Å². The van der Waals surface area contributed by atoms with E-state index in [-0.39, 0.29) is 0 Å². The quantitative estimate of drug-likeness (QED) is 0.558. The predicted octanol–water partition coefficient (Wildman–Crippen LogP) is 0.658. The van der Waals surface area contributed by atoms with Gasteiger partial charge in [0.2, 0.25) is 0 Å². The summed E-state index contributed by atoms with van der Waals surface area (Å²) in [4.78, 5) is 49.0. The van der Waals surface area contributed by atoms with Crippen molar-refractivity contribution in [3.63, 3.8) is 0 Å². The molecule has 0 aliphatic carbocycles. The number of ether oxygens (including phenoxy) is 3. The second-order valence-corrected chi connectivity index (χ2v) is 6.93. The fraction of sp³-hybridized carbons (Fsp3) is 0.444. The average molecular weight is 391 g/mol. The van der Waals surface area contributed by atoms with E-state index in [2.05, 4.69) is 10.6 Å². The van der Waals surface area contributed by atoms with Crippen molar-refractivity contribution in [1.29, 1.82) is 0 Å². The van der Waals surface area contributed by atoms with Crippen LogP contribution < -0.4 is 20.1 Å². The zero-order chi connectivity index (χ0) is 20.5. The van der Waals surface area contributed by atoms with Gasteiger partial charge in [-0.25, -0.2) is 4.79 Å². The van der Waals surface area contributed by atoms with Crippen LogP contribution in [0.15, 0.2) is 18.2 Å². The number of carbonyl (C=O) groups is 4. The summed E-state index contributed by atoms with van der Waals surface area (Å²) in [6, 6.07) is 4.23. The highest BCUT2D eigenvalue weighted by Gasteiger charge is 2.45. The summed E-state index contributed by atoms with van der Waals surface area (Å²) in [7, 11) is 0. The Kier molecular flexibility index (Phi) is 5.12. The highest BCUT2D eigenvalue weighted by Crippen LogP contribution is 2.32. The van der Waals surface area contributed by atoms with E-state index >= 15 is 0 Å². The molecule has 0 saturated carbocycles. The van der Waals surface area contributed by atoms with Gasteiger partial charge in [-0.15, -0.1) is 0 Å². The second-order valence-electron chi connectivity index (χ2n) is 6.93. The number of amides is 4. The predicted molar refractivity (Wildman–Crippen MR) is 95.9 cm³/mol. The number of nitrogens with zero attached hydrogens (tertiary/aromatic N) is 1. The zero-order valence-electron chi connectivity index (χ0n) is 15.7. The first-order chi connectivity index (χ1) is 13.2. The van der Waals surface area contributed by atoms with Crippen molar-refractivity contribution in [1.82, 2.24) is 10.2 Å². The van der Waals surface area contributed by atoms with E-state index in [9.17, 15) is 19.2 Å². The molecule has 0 radical (unpaired) electrons. The number of nitrogens with one attached hydrogen (secondary N) is 2. The fourth-order valence-electron chi connectivity index (χ4n) is 2.74. The van der Waals surface area contributed by atoms with Crippen LogP contribution >= 0.6 is 0 Å². The molecule has 4 amide bonds. The van der Waals surface area contributed by atoms with Crippen LogP contribution in [0.3, 0.4) is 0 Å². The lowest BCUT2D eigenvalue weighted by atomic mass is 10.1. The smallest absolute Gasteiger partial charge is 0.327 e. The number of urea groups is 1. The molecule has 3 rings (SSSR count). The van der Waals surface area contributed by atoms with Gasteiger partial charge in [0.1, 0.15) is 25.3 Å². The molecule has 0 aromatic heterocycles. The largest absolute Gasteiger partial charge is 0.486 e. The lowest BCUT2D eigenvalue weighted by molar-refractivity contribution is -0.155. The van der Waals surface area contributed by atoms with E-state index in [1.54, 1.807) is 18.2 Å². The minimum atomic E-state index is -1.13. The van der Waals surface area contributed by atoms with E-state index in [4.69, 9.17) is 14.2 Å². The molecular formula is C18H21N3O7. The normalized spacial score (nSPS) is 18.3. The molecule has 1 aromatic rings. The number of carbonyl (C=O) groups excluding carboxylic acids is 4. The molecule has 10 heteroatoms. The number of hydrogen-bond acceptors (Lipinski definition) is 7. The summed E-state index contributed by atoms with van der Waals surface area (Å²) in [6.45, 7) is 4.75. The van der Waals surface area contributed by atoms with Gasteiger partial charge < -0.3 is 24.8 Å². The van der Waals surface area contributed by atoms with Gasteiger partial charge in [-0.3, -0.25) is 19.3 Å². The first-order valence-corrected chi connectivity index (χ1v) is 8.71. The molecule has 1 saturated heterocycles. The Labute approximate surface area is 161 Å². The van der Waals surface area contributed by atoms with Crippen LogP contribution in [0.2, 0.25) is 0 Å². The molecule has 150 valence electrons. The minimum Gasteiger partial charge on any atom is -0.486 e. The monoisotopic (exact) mass is 391 g/mol. The maximum absolute atomic E-state index is 12.3. The molecule has 2 aliphatic rings. The van der Waals surface area contributed by atoms with Crippen LogP contribution in [0.25, 0.3) is 0 Å². The summed E-state index contributed by atoms with van der Waals surface area (Å²) >= 11 is 0. The lowest BCUT2D eigenvalue weighted by Crippen LogP contribution is -2.42. The molecule has 28 heavy (non-hydrogen) atoms. The van der Waals surface area contributed by atoms with Gasteiger partial charge in [-0.2, -0.15) is 0 Å². The molecule has 1 atom stereocenters. The zero-order valence-corrected chi connectivity index (χ0v) is 15.7. The Morgan fingerprint density at radius 1 is 1.25 bits per heavy atom. The van der Waals surface area contributed by atoms with Gasteiger partial charge in [0.25, 0.3) is 11.8 Å². The summed E-state index contributed by atoms with van der Waals surface area (Å²) < 4.78 is 15.9. The van der Waals surface area contributed by atoms with Crippen molar-refractivity contribution in [3.8, 4) is 11.5 Å². The molecule has 0 spiro atoms. The summed E-state index contributed by atoms with van der Waals surface area (Å²) in [5, 5.41) is 5.07. The molecule has 1 fully saturated rings. The van der Waals surface area contributed by atoms with E-state index in [0.717, 1.165) is 4.90 Å². The number of fused-ring (bicyclic) bond motifs is 1. The number of rotatable bonds is 5. The maximum atomic E-state index is 12.3. The van der Waals surface area contributed by atoms with Crippen LogP contribution in [-0.2, 0) is 19.1 Å². The summed E-state index contributed by atoms with van der Waals surface area (Å²) in [6.07, 6.45) is -1.13. The second kappa shape index (κ2) is 7.37. The Bertz CT molecular complexity index is 836. The number of imide groups is 1. The van der Waals surface area contributed by atoms with Crippen LogP contribution in [0.4, 0.5) is 10.5 Å². The number of anilines is 1. The molecule has 2 N–H and O–H groups in total. The number of hydrogen-bond donors (Lipinski definition) is 2. The molecule has 0 bridgehead atoms. The van der Waals surface area contributed by atoms with Gasteiger partial charge in [0.15, 0.2) is 17.6 Å². The molecule has 1 aromatic carbocycles. The fourth-order valence-corrected chi connectivity index (χ4v) is 2.74. The third kappa shape index (κ3) is 4.00. The first kappa shape index (κ1) is 19.5. The van der Waals surface area contributed by atoms with Gasteiger partial charge in [0, 0.05) is 11.8 Å². The van der Waals surface area contributed by atoms with Gasteiger partial charge in [0.05, 0.1) is 0 Å². The van der Waals surface area contributed by atoms with E-state index in [0.29, 0.717) is 30.4 Å². The summed E-state index contributed by atoms with van der Waals surface area (Å²) in [5.41, 5.74) is -0.633. The highest BCUT2D eigenvalue weighted by molar-refractivity contribution is 6.08. The molecule has 2 aliphatic heterocycles. The Morgan fingerprint density at radius 3 is 2.57 bits per heavy atom. The first-order valence-electron chi connectivity index (χ1n) is 8.71. The number of benzene rings is 1. The molecule has 1 unspecified atom stereocenters. The van der Waals surface area contributed by atoms with Gasteiger partial charge >= 0.3 is 12.0 Å². The van der Waals surface area contributed by atoms with Crippen LogP contribution in [0, 0.1) is 0 Å². The third-order valence-corrected chi connectivity index (χ3v) is 4.22. The van der Waals surface area contributed by atoms with Crippen molar-refractivity contribution < 1.29 is 33.4 Å². The Balaban J connectivity index is 1.55. The third-order valence-electron chi connectivity index (χ3n) is 4.22. The standard InChI is InChI=1S/C18H21N3O7/c1-10(28-14(22)9-21-16(24)18(2,3)20-17(21)25)15(23)19-11-4-5-12-13(8-11)27-7-6-26-12/h4-5,8,10H,6-7,9H2,1-3H3,(H,19,23)(H,20,25).